The summed E-state index contributed by atoms with van der Waals surface area (Å²) in [6, 6.07) is 11.9. The van der Waals surface area contributed by atoms with E-state index in [0.717, 1.165) is 0 Å². The van der Waals surface area contributed by atoms with Crippen molar-refractivity contribution in [1.29, 1.82) is 0 Å². The van der Waals surface area contributed by atoms with Gasteiger partial charge < -0.3 is 0 Å². The number of hydrogen-bond donors (Lipinski definition) is 0. The molecule has 0 spiro atoms. The fraction of sp³-hybridized carbons (Fsp3) is 1.00. The topological polar surface area (TPSA) is 18.5 Å². The molecule has 0 saturated carbocycles. The first kappa shape index (κ1) is 27.6. The van der Waals surface area contributed by atoms with Crippen LogP contribution in [0.5, 0.6) is 0 Å². The minimum absolute atomic E-state index is 0.137. The zero-order valence-corrected chi connectivity index (χ0v) is 23.7. The van der Waals surface area contributed by atoms with Gasteiger partial charge in [0.1, 0.15) is 0 Å². The molecule has 0 rings (SSSR count). The summed E-state index contributed by atoms with van der Waals surface area (Å²) in [6.07, 6.45) is 0. The third kappa shape index (κ3) is 10.5. The Hall–Kier alpha value is 1.39. The van der Waals surface area contributed by atoms with E-state index >= 15 is 0 Å². The maximum atomic E-state index is 6.34. The van der Waals surface area contributed by atoms with Gasteiger partial charge in [-0.1, -0.05) is 38.9 Å². The van der Waals surface area contributed by atoms with Crippen LogP contribution in [-0.2, 0) is 5.41 Å². The minimum Gasteiger partial charge on any atom is -0.0680 e. The zero-order chi connectivity index (χ0) is 19.1. The van der Waals surface area contributed by atoms with Crippen molar-refractivity contribution in [3.8, 4) is 0 Å². The van der Waals surface area contributed by atoms with Crippen molar-refractivity contribution >= 4 is 47.9 Å². The Bertz CT molecular complexity index is 227. The molecule has 0 bridgehead atoms. The summed E-state index contributed by atoms with van der Waals surface area (Å²) in [7, 11) is -2.65. The molecule has 0 aromatic carbocycles. The van der Waals surface area contributed by atoms with Crippen molar-refractivity contribution in [3.63, 3.8) is 0 Å². The van der Waals surface area contributed by atoms with E-state index in [1.165, 1.54) is 54.4 Å². The van der Waals surface area contributed by atoms with Crippen LogP contribution in [0.2, 0.25) is 54.4 Å². The molecule has 2 nitrogen and oxygen atoms in total. The Balaban J connectivity index is 0. The number of rotatable bonds is 13. The molecule has 0 heterocycles. The summed E-state index contributed by atoms with van der Waals surface area (Å²) in [6.45, 7) is 20.7. The molecule has 0 aromatic rings. The van der Waals surface area contributed by atoms with Crippen LogP contribution in [0, 0.1) is 0 Å². The third-order valence-electron chi connectivity index (χ3n) is 5.83. The molecule has 0 unspecified atom stereocenters. The standard InChI is InChI=1S/2C6H15OSi.C6H15Si.Sb/c2*1-4-8(7,5-2)6-3;1-4-7(5-2)6-3;/h2*4-6H2,1-3H3;4-6H2,1-3H3;/q2*-1;;+2. The summed E-state index contributed by atoms with van der Waals surface area (Å²) < 4.78 is 12.7. The van der Waals surface area contributed by atoms with Crippen LogP contribution >= 0.6 is 0 Å². The van der Waals surface area contributed by atoms with Gasteiger partial charge in [0.2, 0.25) is 0 Å². The molecule has 0 aliphatic rings. The molecule has 0 aliphatic heterocycles. The van der Waals surface area contributed by atoms with Gasteiger partial charge in [-0.2, -0.15) is 0 Å². The van der Waals surface area contributed by atoms with Gasteiger partial charge in [0, 0.05) is 8.80 Å². The van der Waals surface area contributed by atoms with Crippen LogP contribution in [0.1, 0.15) is 62.3 Å². The van der Waals surface area contributed by atoms with E-state index in [1.807, 2.05) is 0 Å². The Labute approximate surface area is 169 Å². The van der Waals surface area contributed by atoms with Gasteiger partial charge in [-0.15, -0.1) is 0 Å². The summed E-state index contributed by atoms with van der Waals surface area (Å²) >= 11 is -0.843. The van der Waals surface area contributed by atoms with Gasteiger partial charge in [-0.25, -0.2) is 0 Å². The molecular weight excluding hydrogens is 454 g/mol. The van der Waals surface area contributed by atoms with E-state index in [1.54, 1.807) is 0 Å². The Morgan fingerprint density at radius 3 is 0.917 bits per heavy atom. The van der Waals surface area contributed by atoms with E-state index in [2.05, 4.69) is 62.3 Å². The monoisotopic (exact) mass is 498 g/mol. The van der Waals surface area contributed by atoms with Crippen LogP contribution in [0.3, 0.4) is 0 Å². The molecule has 0 atom stereocenters. The van der Waals surface area contributed by atoms with E-state index in [9.17, 15) is 0 Å². The molecule has 2 radical (unpaired) electrons. The summed E-state index contributed by atoms with van der Waals surface area (Å²) in [5.74, 6) is 0. The van der Waals surface area contributed by atoms with Crippen molar-refractivity contribution in [2.24, 2.45) is 0 Å². The molecule has 6 heteroatoms. The molecule has 0 aliphatic carbocycles. The van der Waals surface area contributed by atoms with Crippen LogP contribution < -0.4 is 0 Å². The Morgan fingerprint density at radius 1 is 0.542 bits per heavy atom. The predicted molar refractivity (Wildman–Crippen MR) is 120 cm³/mol. The average Bonchev–Trinajstić information content (AvgIpc) is 2.65. The average molecular weight is 500 g/mol. The molecule has 146 valence electrons. The van der Waals surface area contributed by atoms with Gasteiger partial charge in [-0.05, 0) is 0 Å². The second-order valence-corrected chi connectivity index (χ2v) is 23.1. The maximum absolute atomic E-state index is 6.34. The van der Waals surface area contributed by atoms with Crippen molar-refractivity contribution < 1.29 is 5.41 Å². The second-order valence-electron chi connectivity index (χ2n) is 6.56. The van der Waals surface area contributed by atoms with Gasteiger partial charge in [0.05, 0.1) is 0 Å². The second kappa shape index (κ2) is 16.6. The first-order valence-corrected chi connectivity index (χ1v) is 19.6. The molecule has 0 saturated heterocycles. The fourth-order valence-electron chi connectivity index (χ4n) is 2.81. The van der Waals surface area contributed by atoms with Crippen molar-refractivity contribution in [2.75, 3.05) is 0 Å². The van der Waals surface area contributed by atoms with E-state index in [4.69, 9.17) is 5.41 Å². The SMILES string of the molecule is CC[Si](CC)(CC)[O][Sb][O][Si](CC)(CC)CC.CC[Si](CC)CC. The maximum Gasteiger partial charge on any atom is 0.0470 e. The largest absolute Gasteiger partial charge is 0.0680 e. The summed E-state index contributed by atoms with van der Waals surface area (Å²) in [4.78, 5) is 0. The quantitative estimate of drug-likeness (QED) is 0.252. The normalized spacial score (nSPS) is 12.2. The molecule has 0 aromatic heterocycles. The zero-order valence-electron chi connectivity index (χ0n) is 18.1. The van der Waals surface area contributed by atoms with Gasteiger partial charge >= 0.3 is 122 Å². The molecule has 0 amide bonds. The Morgan fingerprint density at radius 2 is 0.792 bits per heavy atom. The van der Waals surface area contributed by atoms with Crippen LogP contribution in [-0.4, -0.2) is 47.9 Å². The van der Waals surface area contributed by atoms with Crippen molar-refractivity contribution in [3.05, 3.63) is 0 Å². The first-order chi connectivity index (χ1) is 11.4. The van der Waals surface area contributed by atoms with Crippen LogP contribution in [0.25, 0.3) is 0 Å². The summed E-state index contributed by atoms with van der Waals surface area (Å²) in [5, 5.41) is 0. The van der Waals surface area contributed by atoms with Crippen LogP contribution in [0.15, 0.2) is 0 Å². The van der Waals surface area contributed by atoms with E-state index in [-0.39, 0.29) is 8.80 Å². The van der Waals surface area contributed by atoms with E-state index < -0.39 is 39.1 Å². The molecule has 24 heavy (non-hydrogen) atoms. The predicted octanol–water partition coefficient (Wildman–Crippen LogP) is 7.11. The summed E-state index contributed by atoms with van der Waals surface area (Å²) in [5.41, 5.74) is 0. The number of hydrogen-bond acceptors (Lipinski definition) is 2. The van der Waals surface area contributed by atoms with Gasteiger partial charge in [0.25, 0.3) is 0 Å². The van der Waals surface area contributed by atoms with E-state index in [0.29, 0.717) is 0 Å². The molecule has 0 fully saturated rings. The Kier molecular flexibility index (Phi) is 19.0. The fourth-order valence-corrected chi connectivity index (χ4v) is 18.9. The van der Waals surface area contributed by atoms with Crippen LogP contribution in [0.4, 0.5) is 0 Å². The molecule has 0 N–H and O–H groups in total. The van der Waals surface area contributed by atoms with Gasteiger partial charge in [-0.3, -0.25) is 0 Å². The third-order valence-corrected chi connectivity index (χ3v) is 25.4. The van der Waals surface area contributed by atoms with Gasteiger partial charge in [0.15, 0.2) is 0 Å². The first-order valence-electron chi connectivity index (χ1n) is 10.3. The van der Waals surface area contributed by atoms with Crippen molar-refractivity contribution in [1.82, 2.24) is 0 Å². The minimum atomic E-state index is -1.39. The molecular formula is C18H45O2SbSi3. The smallest absolute Gasteiger partial charge is 0.0470 e. The van der Waals surface area contributed by atoms with Crippen molar-refractivity contribution in [2.45, 2.75) is 117 Å².